The van der Waals surface area contributed by atoms with E-state index in [1.165, 1.54) is 0 Å². The lowest BCUT2D eigenvalue weighted by Gasteiger charge is -2.34. The average molecular weight is 336 g/mol. The van der Waals surface area contributed by atoms with Crippen LogP contribution in [0, 0.1) is 0 Å². The summed E-state index contributed by atoms with van der Waals surface area (Å²) in [5.41, 5.74) is 1.10. The van der Waals surface area contributed by atoms with Gasteiger partial charge in [0.2, 0.25) is 0 Å². The van der Waals surface area contributed by atoms with Crippen LogP contribution < -0.4 is 5.32 Å². The molecule has 1 aliphatic rings. The van der Waals surface area contributed by atoms with E-state index in [2.05, 4.69) is 12.2 Å². The number of nitrogens with zero attached hydrogens (tertiary/aromatic N) is 1. The minimum absolute atomic E-state index is 0.0587. The summed E-state index contributed by atoms with van der Waals surface area (Å²) < 4.78 is 0. The lowest BCUT2D eigenvalue weighted by molar-refractivity contribution is -0.137. The van der Waals surface area contributed by atoms with Crippen molar-refractivity contribution in [2.45, 2.75) is 38.3 Å². The maximum atomic E-state index is 12.5. The highest BCUT2D eigenvalue weighted by atomic mass is 32.2. The molecule has 1 aromatic rings. The van der Waals surface area contributed by atoms with Gasteiger partial charge in [0.05, 0.1) is 0 Å². The van der Waals surface area contributed by atoms with Gasteiger partial charge in [-0.25, -0.2) is 4.79 Å². The Morgan fingerprint density at radius 1 is 1.39 bits per heavy atom. The highest BCUT2D eigenvalue weighted by Crippen LogP contribution is 2.16. The van der Waals surface area contributed by atoms with Gasteiger partial charge < -0.3 is 15.3 Å². The van der Waals surface area contributed by atoms with Crippen molar-refractivity contribution in [3.63, 3.8) is 0 Å². The first-order valence-electron chi connectivity index (χ1n) is 7.97. The Morgan fingerprint density at radius 3 is 2.78 bits per heavy atom. The van der Waals surface area contributed by atoms with Crippen LogP contribution in [0.2, 0.25) is 0 Å². The van der Waals surface area contributed by atoms with Crippen molar-refractivity contribution in [1.29, 1.82) is 0 Å². The number of aliphatic carboxylic acids is 1. The molecule has 5 nitrogen and oxygen atoms in total. The van der Waals surface area contributed by atoms with Crippen LogP contribution in [0.1, 0.15) is 25.3 Å². The molecule has 1 saturated heterocycles. The number of carbonyl (C=O) groups excluding carboxylic acids is 1. The van der Waals surface area contributed by atoms with Crippen molar-refractivity contribution in [3.05, 3.63) is 35.9 Å². The number of nitrogens with one attached hydrogen (secondary N) is 1. The molecule has 0 bridgehead atoms. The lowest BCUT2D eigenvalue weighted by atomic mass is 10.0. The van der Waals surface area contributed by atoms with Gasteiger partial charge in [0.25, 0.3) is 0 Å². The molecule has 2 N–H and O–H groups in total. The van der Waals surface area contributed by atoms with Gasteiger partial charge >= 0.3 is 12.0 Å². The Balaban J connectivity index is 1.98. The summed E-state index contributed by atoms with van der Waals surface area (Å²) in [4.78, 5) is 25.2. The number of carboxylic acids is 1. The fraction of sp³-hybridized carbons (Fsp3) is 0.529. The van der Waals surface area contributed by atoms with Gasteiger partial charge in [-0.2, -0.15) is 11.8 Å². The van der Waals surface area contributed by atoms with Crippen molar-refractivity contribution < 1.29 is 14.7 Å². The molecule has 0 aliphatic carbocycles. The van der Waals surface area contributed by atoms with Crippen LogP contribution in [0.3, 0.4) is 0 Å². The van der Waals surface area contributed by atoms with Gasteiger partial charge in [0.15, 0.2) is 0 Å². The summed E-state index contributed by atoms with van der Waals surface area (Å²) in [7, 11) is 0. The predicted molar refractivity (Wildman–Crippen MR) is 92.8 cm³/mol. The molecule has 0 spiro atoms. The topological polar surface area (TPSA) is 69.6 Å². The molecule has 0 saturated carbocycles. The summed E-state index contributed by atoms with van der Waals surface area (Å²) in [5, 5.41) is 12.0. The van der Waals surface area contributed by atoms with Gasteiger partial charge in [-0.05, 0) is 25.3 Å². The van der Waals surface area contributed by atoms with Crippen molar-refractivity contribution in [2.24, 2.45) is 0 Å². The van der Waals surface area contributed by atoms with E-state index in [9.17, 15) is 9.59 Å². The van der Waals surface area contributed by atoms with Crippen LogP contribution in [0.15, 0.2) is 30.3 Å². The summed E-state index contributed by atoms with van der Waals surface area (Å²) >= 11 is 1.86. The van der Waals surface area contributed by atoms with Gasteiger partial charge in [-0.3, -0.25) is 4.79 Å². The zero-order valence-electron chi connectivity index (χ0n) is 13.4. The second-order valence-electron chi connectivity index (χ2n) is 5.89. The van der Waals surface area contributed by atoms with Gasteiger partial charge in [-0.15, -0.1) is 0 Å². The lowest BCUT2D eigenvalue weighted by Crippen LogP contribution is -2.52. The highest BCUT2D eigenvalue weighted by Gasteiger charge is 2.25. The first-order chi connectivity index (χ1) is 11.1. The number of benzene rings is 1. The van der Waals surface area contributed by atoms with E-state index in [0.29, 0.717) is 12.8 Å². The minimum Gasteiger partial charge on any atom is -0.481 e. The fourth-order valence-electron chi connectivity index (χ4n) is 2.71. The summed E-state index contributed by atoms with van der Waals surface area (Å²) in [6.07, 6.45) is 1.15. The number of carboxylic acid groups (broad SMARTS) is 1. The molecule has 1 heterocycles. The predicted octanol–water partition coefficient (Wildman–Crippen LogP) is 2.61. The number of urea groups is 1. The van der Waals surface area contributed by atoms with E-state index in [0.717, 1.165) is 23.6 Å². The number of thioether (sulfide) groups is 1. The van der Waals surface area contributed by atoms with Gasteiger partial charge in [0.1, 0.15) is 0 Å². The Morgan fingerprint density at radius 2 is 2.13 bits per heavy atom. The Hall–Kier alpha value is -1.69. The zero-order valence-corrected chi connectivity index (χ0v) is 14.2. The average Bonchev–Trinajstić information content (AvgIpc) is 2.54. The molecule has 2 atom stereocenters. The molecule has 1 fully saturated rings. The van der Waals surface area contributed by atoms with Crippen LogP contribution >= 0.6 is 11.8 Å². The number of carbonyl (C=O) groups is 2. The summed E-state index contributed by atoms with van der Waals surface area (Å²) in [6.45, 7) is 2.80. The molecule has 126 valence electrons. The van der Waals surface area contributed by atoms with E-state index in [1.807, 2.05) is 47.0 Å². The SMILES string of the molecule is CC1CSCCN1C(=O)NC(CCC(=O)O)Cc1ccccc1. The third-order valence-corrected chi connectivity index (χ3v) is 5.18. The number of hydrogen-bond acceptors (Lipinski definition) is 3. The second kappa shape index (κ2) is 8.82. The molecule has 6 heteroatoms. The minimum atomic E-state index is -0.833. The normalized spacial score (nSPS) is 19.2. The van der Waals surface area contributed by atoms with Gasteiger partial charge in [0, 0.05) is 36.6 Å². The quantitative estimate of drug-likeness (QED) is 0.838. The van der Waals surface area contributed by atoms with Crippen molar-refractivity contribution >= 4 is 23.8 Å². The summed E-state index contributed by atoms with van der Waals surface area (Å²) in [5.74, 6) is 1.07. The largest absolute Gasteiger partial charge is 0.481 e. The Kier molecular flexibility index (Phi) is 6.77. The smallest absolute Gasteiger partial charge is 0.317 e. The van der Waals surface area contributed by atoms with E-state index in [-0.39, 0.29) is 24.5 Å². The number of hydrogen-bond donors (Lipinski definition) is 2. The first kappa shape index (κ1) is 17.7. The standard InChI is InChI=1S/C17H24N2O3S/c1-13-12-23-10-9-19(13)17(22)18-15(7-8-16(20)21)11-14-5-3-2-4-6-14/h2-6,13,15H,7-12H2,1H3,(H,18,22)(H,20,21). The molecule has 0 aromatic heterocycles. The molecule has 2 rings (SSSR count). The Bertz CT molecular complexity index is 524. The van der Waals surface area contributed by atoms with Crippen LogP contribution in [-0.2, 0) is 11.2 Å². The maximum absolute atomic E-state index is 12.5. The molecule has 0 radical (unpaired) electrons. The molecule has 2 unspecified atom stereocenters. The van der Waals surface area contributed by atoms with Crippen molar-refractivity contribution in [2.75, 3.05) is 18.1 Å². The van der Waals surface area contributed by atoms with E-state index in [1.54, 1.807) is 0 Å². The maximum Gasteiger partial charge on any atom is 0.317 e. The van der Waals surface area contributed by atoms with Crippen LogP contribution in [0.5, 0.6) is 0 Å². The molecular formula is C17H24N2O3S. The van der Waals surface area contributed by atoms with Crippen LogP contribution in [0.4, 0.5) is 4.79 Å². The number of amides is 2. The second-order valence-corrected chi connectivity index (χ2v) is 7.04. The molecular weight excluding hydrogens is 312 g/mol. The molecule has 2 amide bonds. The third kappa shape index (κ3) is 5.78. The van der Waals surface area contributed by atoms with E-state index in [4.69, 9.17) is 5.11 Å². The zero-order chi connectivity index (χ0) is 16.7. The van der Waals surface area contributed by atoms with Crippen LogP contribution in [-0.4, -0.2) is 52.1 Å². The first-order valence-corrected chi connectivity index (χ1v) is 9.12. The molecule has 1 aliphatic heterocycles. The van der Waals surface area contributed by atoms with E-state index >= 15 is 0 Å². The van der Waals surface area contributed by atoms with Gasteiger partial charge in [-0.1, -0.05) is 30.3 Å². The Labute approximate surface area is 141 Å². The molecule has 23 heavy (non-hydrogen) atoms. The van der Waals surface area contributed by atoms with Crippen molar-refractivity contribution in [1.82, 2.24) is 10.2 Å². The molecule has 1 aromatic carbocycles. The van der Waals surface area contributed by atoms with Crippen LogP contribution in [0.25, 0.3) is 0 Å². The fourth-order valence-corrected chi connectivity index (χ4v) is 3.72. The highest BCUT2D eigenvalue weighted by molar-refractivity contribution is 7.99. The number of rotatable bonds is 6. The third-order valence-electron chi connectivity index (χ3n) is 3.99. The van der Waals surface area contributed by atoms with E-state index < -0.39 is 5.97 Å². The monoisotopic (exact) mass is 336 g/mol. The van der Waals surface area contributed by atoms with Crippen molar-refractivity contribution in [3.8, 4) is 0 Å². The summed E-state index contributed by atoms with van der Waals surface area (Å²) in [6, 6.07) is 9.82.